The van der Waals surface area contributed by atoms with Crippen molar-refractivity contribution < 1.29 is 9.60 Å². The van der Waals surface area contributed by atoms with Gasteiger partial charge in [0.05, 0.1) is 0 Å². The summed E-state index contributed by atoms with van der Waals surface area (Å²) in [5.74, 6) is -0.551. The van der Waals surface area contributed by atoms with Crippen LogP contribution in [0, 0.1) is 12.7 Å². The second-order valence-electron chi connectivity index (χ2n) is 4.60. The zero-order valence-corrected chi connectivity index (χ0v) is 12.2. The number of benzene rings is 2. The molecule has 0 aliphatic carbocycles. The zero-order chi connectivity index (χ0) is 15.4. The molecule has 2 rings (SSSR count). The van der Waals surface area contributed by atoms with E-state index >= 15 is 0 Å². The van der Waals surface area contributed by atoms with Crippen molar-refractivity contribution >= 4 is 23.1 Å². The molecule has 0 heterocycles. The SMILES string of the molecule is Cc1ccc(Cl)cc1NCc1ccc(C(N)=NO)cc1F. The first-order valence-electron chi connectivity index (χ1n) is 6.27. The van der Waals surface area contributed by atoms with E-state index in [2.05, 4.69) is 10.5 Å². The highest BCUT2D eigenvalue weighted by molar-refractivity contribution is 6.30. The Hall–Kier alpha value is -2.27. The molecule has 2 aromatic rings. The largest absolute Gasteiger partial charge is 0.409 e. The second kappa shape index (κ2) is 6.45. The molecular formula is C15H15ClFN3O. The number of hydrogen-bond acceptors (Lipinski definition) is 3. The third-order valence-electron chi connectivity index (χ3n) is 3.13. The molecular weight excluding hydrogens is 293 g/mol. The smallest absolute Gasteiger partial charge is 0.170 e. The monoisotopic (exact) mass is 307 g/mol. The van der Waals surface area contributed by atoms with Crippen molar-refractivity contribution in [1.29, 1.82) is 0 Å². The van der Waals surface area contributed by atoms with Gasteiger partial charge in [0.1, 0.15) is 5.82 Å². The zero-order valence-electron chi connectivity index (χ0n) is 11.4. The molecule has 4 nitrogen and oxygen atoms in total. The van der Waals surface area contributed by atoms with Crippen molar-refractivity contribution in [3.05, 3.63) is 63.9 Å². The van der Waals surface area contributed by atoms with Gasteiger partial charge in [-0.3, -0.25) is 0 Å². The average molecular weight is 308 g/mol. The number of anilines is 1. The summed E-state index contributed by atoms with van der Waals surface area (Å²) in [6.45, 7) is 2.25. The van der Waals surface area contributed by atoms with E-state index in [1.54, 1.807) is 24.3 Å². The fourth-order valence-electron chi connectivity index (χ4n) is 1.88. The first kappa shape index (κ1) is 15.1. The minimum Gasteiger partial charge on any atom is -0.409 e. The highest BCUT2D eigenvalue weighted by atomic mass is 35.5. The fraction of sp³-hybridized carbons (Fsp3) is 0.133. The molecule has 110 valence electrons. The normalized spacial score (nSPS) is 11.5. The predicted molar refractivity (Wildman–Crippen MR) is 82.4 cm³/mol. The summed E-state index contributed by atoms with van der Waals surface area (Å²) in [4.78, 5) is 0. The summed E-state index contributed by atoms with van der Waals surface area (Å²) >= 11 is 5.94. The number of hydrogen-bond donors (Lipinski definition) is 3. The molecule has 0 unspecified atom stereocenters. The van der Waals surface area contributed by atoms with Crippen molar-refractivity contribution in [2.75, 3.05) is 5.32 Å². The van der Waals surface area contributed by atoms with E-state index < -0.39 is 5.82 Å². The number of nitrogens with zero attached hydrogens (tertiary/aromatic N) is 1. The van der Waals surface area contributed by atoms with Crippen molar-refractivity contribution in [3.8, 4) is 0 Å². The molecule has 2 aromatic carbocycles. The van der Waals surface area contributed by atoms with E-state index in [0.29, 0.717) is 22.7 Å². The van der Waals surface area contributed by atoms with Crippen LogP contribution in [0.3, 0.4) is 0 Å². The van der Waals surface area contributed by atoms with Gasteiger partial charge in [-0.2, -0.15) is 0 Å². The quantitative estimate of drug-likeness (QED) is 0.350. The Bertz CT molecular complexity index is 689. The minimum atomic E-state index is -0.425. The van der Waals surface area contributed by atoms with Gasteiger partial charge in [-0.1, -0.05) is 35.0 Å². The van der Waals surface area contributed by atoms with E-state index in [-0.39, 0.29) is 5.84 Å². The Labute approximate surface area is 127 Å². The number of nitrogens with one attached hydrogen (secondary N) is 1. The van der Waals surface area contributed by atoms with Gasteiger partial charge in [-0.25, -0.2) is 4.39 Å². The number of amidine groups is 1. The maximum Gasteiger partial charge on any atom is 0.170 e. The van der Waals surface area contributed by atoms with E-state index in [9.17, 15) is 4.39 Å². The fourth-order valence-corrected chi connectivity index (χ4v) is 2.05. The standard InChI is InChI=1S/C15H15ClFN3O/c1-9-2-5-12(16)7-14(9)19-8-11-4-3-10(6-13(11)17)15(18)20-21/h2-7,19,21H,8H2,1H3,(H2,18,20). The molecule has 0 atom stereocenters. The van der Waals surface area contributed by atoms with Gasteiger partial charge in [-0.15, -0.1) is 0 Å². The van der Waals surface area contributed by atoms with Gasteiger partial charge in [-0.05, 0) is 30.7 Å². The molecule has 0 saturated carbocycles. The summed E-state index contributed by atoms with van der Waals surface area (Å²) in [5, 5.41) is 15.2. The van der Waals surface area contributed by atoms with Crippen LogP contribution in [0.1, 0.15) is 16.7 Å². The lowest BCUT2D eigenvalue weighted by Gasteiger charge is -2.11. The number of rotatable bonds is 4. The third-order valence-corrected chi connectivity index (χ3v) is 3.36. The highest BCUT2D eigenvalue weighted by Gasteiger charge is 2.07. The van der Waals surface area contributed by atoms with Crippen LogP contribution < -0.4 is 11.1 Å². The van der Waals surface area contributed by atoms with E-state index in [1.165, 1.54) is 6.07 Å². The summed E-state index contributed by atoms with van der Waals surface area (Å²) in [6, 6.07) is 9.91. The molecule has 0 amide bonds. The maximum atomic E-state index is 14.0. The second-order valence-corrected chi connectivity index (χ2v) is 5.04. The Balaban J connectivity index is 2.15. The van der Waals surface area contributed by atoms with Crippen LogP contribution in [-0.4, -0.2) is 11.0 Å². The lowest BCUT2D eigenvalue weighted by molar-refractivity contribution is 0.318. The minimum absolute atomic E-state index is 0.126. The van der Waals surface area contributed by atoms with Gasteiger partial charge in [0.2, 0.25) is 0 Å². The van der Waals surface area contributed by atoms with Crippen LogP contribution in [0.2, 0.25) is 5.02 Å². The van der Waals surface area contributed by atoms with E-state index in [4.69, 9.17) is 22.5 Å². The van der Waals surface area contributed by atoms with Crippen LogP contribution in [0.4, 0.5) is 10.1 Å². The number of nitrogens with two attached hydrogens (primary N) is 1. The van der Waals surface area contributed by atoms with Gasteiger partial charge in [0, 0.05) is 28.4 Å². The molecule has 6 heteroatoms. The Morgan fingerprint density at radius 3 is 2.76 bits per heavy atom. The predicted octanol–water partition coefficient (Wildman–Crippen LogP) is 3.49. The van der Waals surface area contributed by atoms with Crippen LogP contribution in [0.5, 0.6) is 0 Å². The molecule has 0 bridgehead atoms. The lowest BCUT2D eigenvalue weighted by Crippen LogP contribution is -2.14. The van der Waals surface area contributed by atoms with Crippen LogP contribution in [0.15, 0.2) is 41.6 Å². The summed E-state index contributed by atoms with van der Waals surface area (Å²) < 4.78 is 14.0. The van der Waals surface area contributed by atoms with Crippen molar-refractivity contribution in [3.63, 3.8) is 0 Å². The van der Waals surface area contributed by atoms with Gasteiger partial charge < -0.3 is 16.3 Å². The third kappa shape index (κ3) is 3.64. The Morgan fingerprint density at radius 2 is 2.10 bits per heavy atom. The highest BCUT2D eigenvalue weighted by Crippen LogP contribution is 2.21. The van der Waals surface area contributed by atoms with Crippen LogP contribution in [-0.2, 0) is 6.54 Å². The Morgan fingerprint density at radius 1 is 1.33 bits per heavy atom. The first-order valence-corrected chi connectivity index (χ1v) is 6.65. The number of halogens is 2. The van der Waals surface area contributed by atoms with Gasteiger partial charge in [0.15, 0.2) is 5.84 Å². The molecule has 0 aliphatic rings. The number of oxime groups is 1. The molecule has 21 heavy (non-hydrogen) atoms. The molecule has 4 N–H and O–H groups in total. The molecule has 0 fully saturated rings. The average Bonchev–Trinajstić information content (AvgIpc) is 2.48. The van der Waals surface area contributed by atoms with E-state index in [1.807, 2.05) is 13.0 Å². The molecule has 0 aliphatic heterocycles. The summed E-state index contributed by atoms with van der Waals surface area (Å²) in [7, 11) is 0. The Kier molecular flexibility index (Phi) is 4.65. The first-order chi connectivity index (χ1) is 10.0. The van der Waals surface area contributed by atoms with Crippen molar-refractivity contribution in [1.82, 2.24) is 0 Å². The topological polar surface area (TPSA) is 70.6 Å². The molecule has 0 radical (unpaired) electrons. The summed E-state index contributed by atoms with van der Waals surface area (Å²) in [6.07, 6.45) is 0. The van der Waals surface area contributed by atoms with Gasteiger partial charge >= 0.3 is 0 Å². The van der Waals surface area contributed by atoms with E-state index in [0.717, 1.165) is 11.3 Å². The van der Waals surface area contributed by atoms with Crippen molar-refractivity contribution in [2.45, 2.75) is 13.5 Å². The number of aryl methyl sites for hydroxylation is 1. The van der Waals surface area contributed by atoms with Crippen LogP contribution in [0.25, 0.3) is 0 Å². The van der Waals surface area contributed by atoms with Crippen molar-refractivity contribution in [2.24, 2.45) is 10.9 Å². The molecule has 0 spiro atoms. The van der Waals surface area contributed by atoms with Crippen LogP contribution >= 0.6 is 11.6 Å². The van der Waals surface area contributed by atoms with Gasteiger partial charge in [0.25, 0.3) is 0 Å². The molecule has 0 aromatic heterocycles. The lowest BCUT2D eigenvalue weighted by atomic mass is 10.1. The molecule has 0 saturated heterocycles. The maximum absolute atomic E-state index is 14.0. The summed E-state index contributed by atoms with van der Waals surface area (Å²) in [5.41, 5.74) is 8.10.